The first-order valence-corrected chi connectivity index (χ1v) is 10.3. The summed E-state index contributed by atoms with van der Waals surface area (Å²) in [5, 5.41) is 15.0. The van der Waals surface area contributed by atoms with E-state index < -0.39 is 0 Å². The highest BCUT2D eigenvalue weighted by Crippen LogP contribution is 2.28. The first-order valence-electron chi connectivity index (χ1n) is 10.3. The largest absolute Gasteiger partial charge is 0.348 e. The van der Waals surface area contributed by atoms with Gasteiger partial charge >= 0.3 is 0 Å². The van der Waals surface area contributed by atoms with Crippen LogP contribution in [0.2, 0.25) is 0 Å². The Hall–Kier alpha value is -2.21. The monoisotopic (exact) mass is 367 g/mol. The molecule has 1 saturated heterocycles. The number of rotatable bonds is 5. The highest BCUT2D eigenvalue weighted by atomic mass is 16.2. The van der Waals surface area contributed by atoms with Crippen LogP contribution < -0.4 is 10.6 Å². The zero-order chi connectivity index (χ0) is 18.5. The standard InChI is InChI=1S/C21H29N5O/c27-21(20-15-26(25-24-20)18-10-12-22-13-11-18)23-19-9-5-4-8-17(19)14-16-6-2-1-3-7-16/h1-3,6-7,15,17-19,22H,4-5,8-14H2,(H,23,27). The first-order chi connectivity index (χ1) is 13.3. The lowest BCUT2D eigenvalue weighted by Crippen LogP contribution is -2.43. The molecule has 0 radical (unpaired) electrons. The van der Waals surface area contributed by atoms with Crippen molar-refractivity contribution in [2.24, 2.45) is 5.92 Å². The van der Waals surface area contributed by atoms with Crippen LogP contribution in [0.1, 0.15) is 60.6 Å². The van der Waals surface area contributed by atoms with Crippen LogP contribution in [0.3, 0.4) is 0 Å². The van der Waals surface area contributed by atoms with Gasteiger partial charge in [0.25, 0.3) is 5.91 Å². The Bertz CT molecular complexity index is 738. The molecule has 144 valence electrons. The number of nitrogens with zero attached hydrogens (tertiary/aromatic N) is 3. The fourth-order valence-corrected chi connectivity index (χ4v) is 4.43. The van der Waals surface area contributed by atoms with Crippen molar-refractivity contribution in [3.63, 3.8) is 0 Å². The second-order valence-corrected chi connectivity index (χ2v) is 7.88. The summed E-state index contributed by atoms with van der Waals surface area (Å²) in [5.74, 6) is 0.407. The molecule has 2 aliphatic rings. The Kier molecular flexibility index (Phi) is 5.82. The number of aromatic nitrogens is 3. The van der Waals surface area contributed by atoms with Gasteiger partial charge < -0.3 is 10.6 Å². The normalized spacial score (nSPS) is 23.9. The number of amides is 1. The maximum Gasteiger partial charge on any atom is 0.273 e. The van der Waals surface area contributed by atoms with Crippen LogP contribution in [0.5, 0.6) is 0 Å². The number of hydrogen-bond acceptors (Lipinski definition) is 4. The molecular formula is C21H29N5O. The first kappa shape index (κ1) is 18.2. The van der Waals surface area contributed by atoms with Gasteiger partial charge in [-0.25, -0.2) is 4.68 Å². The summed E-state index contributed by atoms with van der Waals surface area (Å²) in [5.41, 5.74) is 1.79. The van der Waals surface area contributed by atoms with Gasteiger partial charge in [-0.05, 0) is 56.7 Å². The molecule has 1 aliphatic heterocycles. The minimum atomic E-state index is -0.0832. The van der Waals surface area contributed by atoms with E-state index in [1.807, 2.05) is 10.9 Å². The van der Waals surface area contributed by atoms with Gasteiger partial charge in [-0.2, -0.15) is 0 Å². The summed E-state index contributed by atoms with van der Waals surface area (Å²) in [4.78, 5) is 12.8. The molecule has 2 fully saturated rings. The maximum absolute atomic E-state index is 12.8. The molecule has 2 heterocycles. The van der Waals surface area contributed by atoms with E-state index in [9.17, 15) is 4.79 Å². The van der Waals surface area contributed by atoms with Crippen LogP contribution in [0.25, 0.3) is 0 Å². The molecule has 27 heavy (non-hydrogen) atoms. The number of nitrogens with one attached hydrogen (secondary N) is 2. The lowest BCUT2D eigenvalue weighted by Gasteiger charge is -2.32. The van der Waals surface area contributed by atoms with E-state index in [0.29, 0.717) is 17.7 Å². The number of carbonyl (C=O) groups is 1. The van der Waals surface area contributed by atoms with Crippen LogP contribution >= 0.6 is 0 Å². The van der Waals surface area contributed by atoms with Crippen LogP contribution in [0, 0.1) is 5.92 Å². The summed E-state index contributed by atoms with van der Waals surface area (Å²) >= 11 is 0. The van der Waals surface area contributed by atoms with Crippen molar-refractivity contribution in [2.75, 3.05) is 13.1 Å². The predicted octanol–water partition coefficient (Wildman–Crippen LogP) is 2.73. The van der Waals surface area contributed by atoms with E-state index in [1.54, 1.807) is 0 Å². The summed E-state index contributed by atoms with van der Waals surface area (Å²) in [6.07, 6.45) is 9.55. The Morgan fingerprint density at radius 2 is 1.89 bits per heavy atom. The molecule has 1 saturated carbocycles. The van der Waals surface area contributed by atoms with E-state index >= 15 is 0 Å². The highest BCUT2D eigenvalue weighted by molar-refractivity contribution is 5.92. The van der Waals surface area contributed by atoms with Crippen molar-refractivity contribution >= 4 is 5.91 Å². The second-order valence-electron chi connectivity index (χ2n) is 7.88. The maximum atomic E-state index is 12.8. The number of benzene rings is 1. The van der Waals surface area contributed by atoms with Crippen molar-refractivity contribution in [2.45, 2.75) is 57.0 Å². The average Bonchev–Trinajstić information content (AvgIpc) is 3.21. The lowest BCUT2D eigenvalue weighted by molar-refractivity contribution is 0.0900. The molecule has 1 aromatic carbocycles. The predicted molar refractivity (Wildman–Crippen MR) is 105 cm³/mol. The SMILES string of the molecule is O=C(NC1CCCCC1Cc1ccccc1)c1cn(C2CCNCC2)nn1. The van der Waals surface area contributed by atoms with Gasteiger partial charge in [0, 0.05) is 6.04 Å². The Labute approximate surface area is 160 Å². The van der Waals surface area contributed by atoms with Gasteiger partial charge in [-0.3, -0.25) is 4.79 Å². The van der Waals surface area contributed by atoms with Gasteiger partial charge in [-0.1, -0.05) is 48.4 Å². The van der Waals surface area contributed by atoms with Crippen molar-refractivity contribution in [3.8, 4) is 0 Å². The highest BCUT2D eigenvalue weighted by Gasteiger charge is 2.28. The van der Waals surface area contributed by atoms with Crippen molar-refractivity contribution in [1.29, 1.82) is 0 Å². The molecular weight excluding hydrogens is 338 g/mol. The lowest BCUT2D eigenvalue weighted by atomic mass is 9.80. The Balaban J connectivity index is 1.39. The van der Waals surface area contributed by atoms with Gasteiger partial charge in [0.15, 0.2) is 5.69 Å². The molecule has 0 bridgehead atoms. The zero-order valence-corrected chi connectivity index (χ0v) is 15.8. The minimum absolute atomic E-state index is 0.0832. The molecule has 6 nitrogen and oxygen atoms in total. The molecule has 1 aliphatic carbocycles. The van der Waals surface area contributed by atoms with Crippen LogP contribution in [-0.4, -0.2) is 40.0 Å². The van der Waals surface area contributed by atoms with Crippen LogP contribution in [0.4, 0.5) is 0 Å². The zero-order valence-electron chi connectivity index (χ0n) is 15.8. The van der Waals surface area contributed by atoms with Gasteiger partial charge in [0.1, 0.15) is 0 Å². The van der Waals surface area contributed by atoms with E-state index in [4.69, 9.17) is 0 Å². The molecule has 6 heteroatoms. The third kappa shape index (κ3) is 4.56. The van der Waals surface area contributed by atoms with E-state index in [2.05, 4.69) is 51.3 Å². The smallest absolute Gasteiger partial charge is 0.273 e. The van der Waals surface area contributed by atoms with Gasteiger partial charge in [-0.15, -0.1) is 5.10 Å². The summed E-state index contributed by atoms with van der Waals surface area (Å²) < 4.78 is 1.87. The fourth-order valence-electron chi connectivity index (χ4n) is 4.43. The number of hydrogen-bond donors (Lipinski definition) is 2. The molecule has 4 rings (SSSR count). The van der Waals surface area contributed by atoms with Gasteiger partial charge in [0.2, 0.25) is 0 Å². The molecule has 1 aromatic heterocycles. The molecule has 2 unspecified atom stereocenters. The average molecular weight is 367 g/mol. The van der Waals surface area contributed by atoms with Gasteiger partial charge in [0.05, 0.1) is 12.2 Å². The third-order valence-corrected chi connectivity index (χ3v) is 5.99. The topological polar surface area (TPSA) is 71.8 Å². The summed E-state index contributed by atoms with van der Waals surface area (Å²) in [6, 6.07) is 11.2. The van der Waals surface area contributed by atoms with Crippen molar-refractivity contribution < 1.29 is 4.79 Å². The van der Waals surface area contributed by atoms with E-state index in [1.165, 1.54) is 24.8 Å². The number of carbonyl (C=O) groups excluding carboxylic acids is 1. The van der Waals surface area contributed by atoms with Crippen molar-refractivity contribution in [3.05, 3.63) is 47.8 Å². The van der Waals surface area contributed by atoms with Crippen molar-refractivity contribution in [1.82, 2.24) is 25.6 Å². The minimum Gasteiger partial charge on any atom is -0.348 e. The summed E-state index contributed by atoms with van der Waals surface area (Å²) in [7, 11) is 0. The van der Waals surface area contributed by atoms with E-state index in [0.717, 1.165) is 38.8 Å². The van der Waals surface area contributed by atoms with Crippen LogP contribution in [0.15, 0.2) is 36.5 Å². The second kappa shape index (κ2) is 8.65. The van der Waals surface area contributed by atoms with E-state index in [-0.39, 0.29) is 11.9 Å². The summed E-state index contributed by atoms with van der Waals surface area (Å²) in [6.45, 7) is 1.99. The Morgan fingerprint density at radius 1 is 1.11 bits per heavy atom. The molecule has 2 aromatic rings. The molecule has 1 amide bonds. The quantitative estimate of drug-likeness (QED) is 0.852. The fraction of sp³-hybridized carbons (Fsp3) is 0.571. The molecule has 2 atom stereocenters. The molecule has 0 spiro atoms. The third-order valence-electron chi connectivity index (χ3n) is 5.99. The Morgan fingerprint density at radius 3 is 2.70 bits per heavy atom. The molecule has 2 N–H and O–H groups in total. The van der Waals surface area contributed by atoms with Crippen LogP contribution in [-0.2, 0) is 6.42 Å². The number of piperidine rings is 1.